The van der Waals surface area contributed by atoms with Crippen molar-refractivity contribution in [2.45, 2.75) is 38.1 Å². The molecular formula is C16H20ClNO4. The number of benzene rings is 1. The van der Waals surface area contributed by atoms with E-state index >= 15 is 0 Å². The van der Waals surface area contributed by atoms with Crippen LogP contribution in [-0.4, -0.2) is 41.6 Å². The molecule has 22 heavy (non-hydrogen) atoms. The van der Waals surface area contributed by atoms with Crippen LogP contribution in [-0.2, 0) is 9.53 Å². The van der Waals surface area contributed by atoms with Crippen LogP contribution < -0.4 is 0 Å². The van der Waals surface area contributed by atoms with E-state index in [2.05, 4.69) is 0 Å². The van der Waals surface area contributed by atoms with E-state index < -0.39 is 5.97 Å². The second kappa shape index (κ2) is 7.49. The first-order chi connectivity index (χ1) is 10.5. The summed E-state index contributed by atoms with van der Waals surface area (Å²) in [6.07, 6.45) is 5.44. The van der Waals surface area contributed by atoms with Crippen molar-refractivity contribution in [3.8, 4) is 5.75 Å². The van der Waals surface area contributed by atoms with Gasteiger partial charge in [0.1, 0.15) is 11.3 Å². The Balaban J connectivity index is 1.90. The van der Waals surface area contributed by atoms with Gasteiger partial charge in [0.2, 0.25) is 0 Å². The predicted octanol–water partition coefficient (Wildman–Crippen LogP) is 2.99. The molecule has 0 spiro atoms. The van der Waals surface area contributed by atoms with Crippen LogP contribution >= 0.6 is 11.6 Å². The first-order valence-electron chi connectivity index (χ1n) is 7.40. The van der Waals surface area contributed by atoms with Gasteiger partial charge in [0.05, 0.1) is 0 Å². The summed E-state index contributed by atoms with van der Waals surface area (Å²) in [7, 11) is 1.74. The predicted molar refractivity (Wildman–Crippen MR) is 83.0 cm³/mol. The van der Waals surface area contributed by atoms with E-state index in [-0.39, 0.29) is 29.9 Å². The molecule has 0 bridgehead atoms. The summed E-state index contributed by atoms with van der Waals surface area (Å²) in [6, 6.07) is 4.32. The van der Waals surface area contributed by atoms with Crippen molar-refractivity contribution >= 4 is 23.5 Å². The van der Waals surface area contributed by atoms with Gasteiger partial charge in [-0.05, 0) is 31.0 Å². The van der Waals surface area contributed by atoms with E-state index in [1.807, 2.05) is 0 Å². The van der Waals surface area contributed by atoms with Gasteiger partial charge in [-0.1, -0.05) is 30.9 Å². The number of esters is 1. The molecule has 0 atom stereocenters. The Morgan fingerprint density at radius 3 is 2.68 bits per heavy atom. The van der Waals surface area contributed by atoms with E-state index in [1.54, 1.807) is 11.9 Å². The van der Waals surface area contributed by atoms with Gasteiger partial charge in [-0.15, -0.1) is 0 Å². The highest BCUT2D eigenvalue weighted by molar-refractivity contribution is 6.31. The number of rotatable bonds is 4. The average Bonchev–Trinajstić information content (AvgIpc) is 2.54. The van der Waals surface area contributed by atoms with Crippen LogP contribution in [0.2, 0.25) is 5.02 Å². The molecule has 0 unspecified atom stereocenters. The molecule has 1 N–H and O–H groups in total. The lowest BCUT2D eigenvalue weighted by molar-refractivity contribution is -0.135. The summed E-state index contributed by atoms with van der Waals surface area (Å²) in [5, 5.41) is 9.94. The number of hydrogen-bond acceptors (Lipinski definition) is 4. The van der Waals surface area contributed by atoms with Crippen molar-refractivity contribution < 1.29 is 19.4 Å². The summed E-state index contributed by atoms with van der Waals surface area (Å²) < 4.78 is 4.99. The second-order valence-electron chi connectivity index (χ2n) is 5.53. The van der Waals surface area contributed by atoms with Crippen LogP contribution in [0.15, 0.2) is 18.2 Å². The zero-order valence-corrected chi connectivity index (χ0v) is 13.3. The minimum absolute atomic E-state index is 0.0411. The topological polar surface area (TPSA) is 66.8 Å². The molecule has 120 valence electrons. The molecule has 1 aliphatic rings. The van der Waals surface area contributed by atoms with Crippen LogP contribution in [0.5, 0.6) is 5.75 Å². The van der Waals surface area contributed by atoms with E-state index in [0.717, 1.165) is 25.7 Å². The van der Waals surface area contributed by atoms with Crippen molar-refractivity contribution in [2.75, 3.05) is 13.7 Å². The lowest BCUT2D eigenvalue weighted by Crippen LogP contribution is -2.40. The molecule has 1 fully saturated rings. The van der Waals surface area contributed by atoms with E-state index in [1.165, 1.54) is 24.6 Å². The standard InChI is InChI=1S/C16H20ClNO4/c1-18(12-5-3-2-4-6-12)15(20)10-22-16(21)13-9-11(17)7-8-14(13)19/h7-9,12,19H,2-6,10H2,1H3. The summed E-state index contributed by atoms with van der Waals surface area (Å²) >= 11 is 5.78. The number of phenolic OH excluding ortho intramolecular Hbond substituents is 1. The van der Waals surface area contributed by atoms with Gasteiger partial charge >= 0.3 is 5.97 Å². The number of amides is 1. The number of aromatic hydroxyl groups is 1. The largest absolute Gasteiger partial charge is 0.507 e. The van der Waals surface area contributed by atoms with Crippen LogP contribution in [0, 0.1) is 0 Å². The molecule has 1 aliphatic carbocycles. The molecule has 1 amide bonds. The van der Waals surface area contributed by atoms with Crippen LogP contribution in [0.4, 0.5) is 0 Å². The third-order valence-electron chi connectivity index (χ3n) is 4.02. The number of ether oxygens (including phenoxy) is 1. The highest BCUT2D eigenvalue weighted by atomic mass is 35.5. The van der Waals surface area contributed by atoms with Gasteiger partial charge in [-0.2, -0.15) is 0 Å². The molecular weight excluding hydrogens is 306 g/mol. The maximum Gasteiger partial charge on any atom is 0.342 e. The monoisotopic (exact) mass is 325 g/mol. The molecule has 0 heterocycles. The number of carbonyl (C=O) groups excluding carboxylic acids is 2. The van der Waals surface area contributed by atoms with Gasteiger partial charge in [-0.25, -0.2) is 4.79 Å². The lowest BCUT2D eigenvalue weighted by Gasteiger charge is -2.31. The van der Waals surface area contributed by atoms with Crippen molar-refractivity contribution in [3.05, 3.63) is 28.8 Å². The number of nitrogens with zero attached hydrogens (tertiary/aromatic N) is 1. The fourth-order valence-corrected chi connectivity index (χ4v) is 2.82. The van der Waals surface area contributed by atoms with Crippen LogP contribution in [0.25, 0.3) is 0 Å². The third-order valence-corrected chi connectivity index (χ3v) is 4.26. The summed E-state index contributed by atoms with van der Waals surface area (Å²) in [6.45, 7) is -0.336. The molecule has 1 aromatic rings. The minimum Gasteiger partial charge on any atom is -0.507 e. The molecule has 1 aromatic carbocycles. The van der Waals surface area contributed by atoms with Crippen molar-refractivity contribution in [1.82, 2.24) is 4.90 Å². The molecule has 0 radical (unpaired) electrons. The number of carbonyl (C=O) groups is 2. The highest BCUT2D eigenvalue weighted by Gasteiger charge is 2.23. The Kier molecular flexibility index (Phi) is 5.66. The minimum atomic E-state index is -0.759. The van der Waals surface area contributed by atoms with Crippen LogP contribution in [0.1, 0.15) is 42.5 Å². The summed E-state index contributed by atoms with van der Waals surface area (Å²) in [5.41, 5.74) is -0.0411. The number of likely N-dealkylation sites (N-methyl/N-ethyl adjacent to an activating group) is 1. The first kappa shape index (κ1) is 16.6. The quantitative estimate of drug-likeness (QED) is 0.864. The second-order valence-corrected chi connectivity index (χ2v) is 5.97. The zero-order chi connectivity index (χ0) is 16.1. The molecule has 0 aromatic heterocycles. The maximum atomic E-state index is 12.1. The summed E-state index contributed by atoms with van der Waals surface area (Å²) in [5.74, 6) is -1.21. The van der Waals surface area contributed by atoms with Gasteiger partial charge in [0, 0.05) is 18.1 Å². The summed E-state index contributed by atoms with van der Waals surface area (Å²) in [4.78, 5) is 25.7. The fourth-order valence-electron chi connectivity index (χ4n) is 2.65. The Hall–Kier alpha value is -1.75. The molecule has 5 nitrogen and oxygen atoms in total. The Morgan fingerprint density at radius 2 is 2.00 bits per heavy atom. The number of phenols is 1. The Bertz CT molecular complexity index is 555. The molecule has 1 saturated carbocycles. The average molecular weight is 326 g/mol. The molecule has 2 rings (SSSR count). The van der Waals surface area contributed by atoms with Crippen molar-refractivity contribution in [1.29, 1.82) is 0 Å². The lowest BCUT2D eigenvalue weighted by atomic mass is 9.94. The fraction of sp³-hybridized carbons (Fsp3) is 0.500. The van der Waals surface area contributed by atoms with Crippen molar-refractivity contribution in [3.63, 3.8) is 0 Å². The zero-order valence-electron chi connectivity index (χ0n) is 12.5. The van der Waals surface area contributed by atoms with E-state index in [4.69, 9.17) is 16.3 Å². The van der Waals surface area contributed by atoms with Crippen molar-refractivity contribution in [2.24, 2.45) is 0 Å². The Morgan fingerprint density at radius 1 is 1.32 bits per heavy atom. The molecule has 0 saturated heterocycles. The van der Waals surface area contributed by atoms with Gasteiger partial charge in [-0.3, -0.25) is 4.79 Å². The normalized spacial score (nSPS) is 15.4. The van der Waals surface area contributed by atoms with E-state index in [0.29, 0.717) is 5.02 Å². The third kappa shape index (κ3) is 4.13. The highest BCUT2D eigenvalue weighted by Crippen LogP contribution is 2.23. The van der Waals surface area contributed by atoms with Gasteiger partial charge in [0.25, 0.3) is 5.91 Å². The SMILES string of the molecule is CN(C(=O)COC(=O)c1cc(Cl)ccc1O)C1CCCCC1. The first-order valence-corrected chi connectivity index (χ1v) is 7.78. The molecule has 0 aliphatic heterocycles. The maximum absolute atomic E-state index is 12.1. The van der Waals surface area contributed by atoms with E-state index in [9.17, 15) is 14.7 Å². The smallest absolute Gasteiger partial charge is 0.342 e. The van der Waals surface area contributed by atoms with Gasteiger partial charge in [0.15, 0.2) is 6.61 Å². The number of halogens is 1. The van der Waals surface area contributed by atoms with Gasteiger partial charge < -0.3 is 14.7 Å². The Labute approximate surface area is 134 Å². The number of hydrogen-bond donors (Lipinski definition) is 1. The molecule has 6 heteroatoms. The van der Waals surface area contributed by atoms with Crippen LogP contribution in [0.3, 0.4) is 0 Å².